The lowest BCUT2D eigenvalue weighted by molar-refractivity contribution is 0.322. The monoisotopic (exact) mass is 241 g/mol. The fourth-order valence-electron chi connectivity index (χ4n) is 2.20. The smallest absolute Gasteiger partial charge is 0.183 e. The summed E-state index contributed by atoms with van der Waals surface area (Å²) < 4.78 is 26.6. The van der Waals surface area contributed by atoms with Crippen molar-refractivity contribution >= 4 is 11.4 Å². The zero-order valence-electron chi connectivity index (χ0n) is 9.84. The minimum atomic E-state index is -0.898. The lowest BCUT2D eigenvalue weighted by Gasteiger charge is -2.21. The van der Waals surface area contributed by atoms with Gasteiger partial charge in [-0.05, 0) is 38.6 Å². The summed E-state index contributed by atoms with van der Waals surface area (Å²) in [7, 11) is 2.03. The van der Waals surface area contributed by atoms with Gasteiger partial charge in [-0.25, -0.2) is 8.78 Å². The first-order valence-corrected chi connectivity index (χ1v) is 5.77. The highest BCUT2D eigenvalue weighted by atomic mass is 19.2. The molecule has 0 amide bonds. The van der Waals surface area contributed by atoms with Crippen molar-refractivity contribution in [3.8, 4) is 0 Å². The first kappa shape index (κ1) is 12.1. The average molecular weight is 241 g/mol. The van der Waals surface area contributed by atoms with Crippen LogP contribution in [0.25, 0.3) is 0 Å². The van der Waals surface area contributed by atoms with Gasteiger partial charge in [0.05, 0.1) is 11.4 Å². The average Bonchev–Trinajstić information content (AvgIpc) is 2.70. The SMILES string of the molecule is CN1CCCC1CNc1c(N)ccc(F)c1F. The van der Waals surface area contributed by atoms with E-state index in [1.807, 2.05) is 7.05 Å². The Morgan fingerprint density at radius 1 is 1.47 bits per heavy atom. The van der Waals surface area contributed by atoms with E-state index in [4.69, 9.17) is 5.73 Å². The van der Waals surface area contributed by atoms with E-state index in [0.29, 0.717) is 12.6 Å². The number of nitrogens with one attached hydrogen (secondary N) is 1. The number of nitrogens with two attached hydrogens (primary N) is 1. The van der Waals surface area contributed by atoms with Gasteiger partial charge in [-0.3, -0.25) is 0 Å². The largest absolute Gasteiger partial charge is 0.397 e. The maximum absolute atomic E-state index is 13.5. The van der Waals surface area contributed by atoms with E-state index in [1.165, 1.54) is 6.07 Å². The first-order chi connectivity index (χ1) is 8.09. The molecule has 1 unspecified atom stereocenters. The molecule has 1 aromatic rings. The Kier molecular flexibility index (Phi) is 3.47. The molecule has 2 rings (SSSR count). The van der Waals surface area contributed by atoms with Crippen molar-refractivity contribution in [3.63, 3.8) is 0 Å². The van der Waals surface area contributed by atoms with Gasteiger partial charge < -0.3 is 16.0 Å². The molecule has 1 fully saturated rings. The van der Waals surface area contributed by atoms with Gasteiger partial charge in [0, 0.05) is 12.6 Å². The van der Waals surface area contributed by atoms with Crippen molar-refractivity contribution in [1.82, 2.24) is 4.90 Å². The number of hydrogen-bond donors (Lipinski definition) is 2. The van der Waals surface area contributed by atoms with E-state index >= 15 is 0 Å². The number of hydrogen-bond acceptors (Lipinski definition) is 3. The summed E-state index contributed by atoms with van der Waals surface area (Å²) in [6.45, 7) is 1.63. The van der Waals surface area contributed by atoms with Crippen LogP contribution in [0.2, 0.25) is 0 Å². The third kappa shape index (κ3) is 2.49. The molecule has 17 heavy (non-hydrogen) atoms. The van der Waals surface area contributed by atoms with Crippen LogP contribution in [-0.2, 0) is 0 Å². The summed E-state index contributed by atoms with van der Waals surface area (Å²) >= 11 is 0. The van der Waals surface area contributed by atoms with E-state index in [0.717, 1.165) is 25.5 Å². The van der Waals surface area contributed by atoms with Crippen molar-refractivity contribution in [1.29, 1.82) is 0 Å². The molecular weight excluding hydrogens is 224 g/mol. The van der Waals surface area contributed by atoms with Gasteiger partial charge in [-0.15, -0.1) is 0 Å². The standard InChI is InChI=1S/C12H17F2N3/c1-17-6-2-3-8(17)7-16-12-10(15)5-4-9(13)11(12)14/h4-5,8,16H,2-3,6-7,15H2,1H3. The van der Waals surface area contributed by atoms with Crippen LogP contribution in [0.1, 0.15) is 12.8 Å². The van der Waals surface area contributed by atoms with Crippen LogP contribution in [0.5, 0.6) is 0 Å². The number of nitrogen functional groups attached to an aromatic ring is 1. The molecule has 5 heteroatoms. The van der Waals surface area contributed by atoms with Crippen LogP contribution in [0.3, 0.4) is 0 Å². The molecule has 0 bridgehead atoms. The lowest BCUT2D eigenvalue weighted by Crippen LogP contribution is -2.32. The second kappa shape index (κ2) is 4.87. The highest BCUT2D eigenvalue weighted by molar-refractivity contribution is 5.66. The number of nitrogens with zero attached hydrogens (tertiary/aromatic N) is 1. The molecule has 94 valence electrons. The van der Waals surface area contributed by atoms with Crippen molar-refractivity contribution in [2.75, 3.05) is 31.2 Å². The van der Waals surface area contributed by atoms with Crippen molar-refractivity contribution in [2.24, 2.45) is 0 Å². The van der Waals surface area contributed by atoms with Crippen LogP contribution in [0.15, 0.2) is 12.1 Å². The molecule has 0 aliphatic carbocycles. The third-order valence-corrected chi connectivity index (χ3v) is 3.31. The van der Waals surface area contributed by atoms with E-state index in [1.54, 1.807) is 0 Å². The Morgan fingerprint density at radius 2 is 2.24 bits per heavy atom. The van der Waals surface area contributed by atoms with Gasteiger partial charge in [0.1, 0.15) is 0 Å². The second-order valence-corrected chi connectivity index (χ2v) is 4.48. The van der Waals surface area contributed by atoms with E-state index in [2.05, 4.69) is 10.2 Å². The summed E-state index contributed by atoms with van der Waals surface area (Å²) in [5, 5.41) is 2.91. The van der Waals surface area contributed by atoms with Crippen molar-refractivity contribution < 1.29 is 8.78 Å². The van der Waals surface area contributed by atoms with Gasteiger partial charge in [-0.2, -0.15) is 0 Å². The van der Waals surface area contributed by atoms with Gasteiger partial charge in [-0.1, -0.05) is 0 Å². The van der Waals surface area contributed by atoms with E-state index in [-0.39, 0.29) is 11.4 Å². The summed E-state index contributed by atoms with van der Waals surface area (Å²) in [5.74, 6) is -1.77. The summed E-state index contributed by atoms with van der Waals surface area (Å²) in [5.41, 5.74) is 5.94. The molecule has 0 spiro atoms. The molecule has 3 nitrogen and oxygen atoms in total. The highest BCUT2D eigenvalue weighted by Crippen LogP contribution is 2.25. The predicted octanol–water partition coefficient (Wildman–Crippen LogP) is 2.05. The predicted molar refractivity (Wildman–Crippen MR) is 64.9 cm³/mol. The number of benzene rings is 1. The fraction of sp³-hybridized carbons (Fsp3) is 0.500. The Labute approximate surface area is 99.6 Å². The Bertz CT molecular complexity index is 409. The van der Waals surface area contributed by atoms with Crippen LogP contribution in [-0.4, -0.2) is 31.1 Å². The van der Waals surface area contributed by atoms with Crippen LogP contribution in [0, 0.1) is 11.6 Å². The zero-order chi connectivity index (χ0) is 12.4. The number of anilines is 2. The molecule has 0 saturated carbocycles. The maximum atomic E-state index is 13.5. The Balaban J connectivity index is 2.06. The summed E-state index contributed by atoms with van der Waals surface area (Å²) in [6.07, 6.45) is 2.21. The Morgan fingerprint density at radius 3 is 2.88 bits per heavy atom. The highest BCUT2D eigenvalue weighted by Gasteiger charge is 2.21. The van der Waals surface area contributed by atoms with Crippen LogP contribution in [0.4, 0.5) is 20.2 Å². The third-order valence-electron chi connectivity index (χ3n) is 3.31. The van der Waals surface area contributed by atoms with E-state index < -0.39 is 11.6 Å². The minimum Gasteiger partial charge on any atom is -0.397 e. The zero-order valence-corrected chi connectivity index (χ0v) is 9.84. The second-order valence-electron chi connectivity index (χ2n) is 4.48. The molecule has 0 aromatic heterocycles. The van der Waals surface area contributed by atoms with Gasteiger partial charge >= 0.3 is 0 Å². The molecule has 3 N–H and O–H groups in total. The molecule has 1 saturated heterocycles. The Hall–Kier alpha value is -1.36. The number of likely N-dealkylation sites (N-methyl/N-ethyl adjacent to an activating group) is 1. The van der Waals surface area contributed by atoms with Gasteiger partial charge in [0.15, 0.2) is 11.6 Å². The van der Waals surface area contributed by atoms with Crippen LogP contribution >= 0.6 is 0 Å². The number of likely N-dealkylation sites (tertiary alicyclic amines) is 1. The molecule has 1 aliphatic heterocycles. The quantitative estimate of drug-likeness (QED) is 0.796. The lowest BCUT2D eigenvalue weighted by atomic mass is 10.2. The molecule has 1 atom stereocenters. The topological polar surface area (TPSA) is 41.3 Å². The molecule has 1 aromatic carbocycles. The van der Waals surface area contributed by atoms with Crippen LogP contribution < -0.4 is 11.1 Å². The maximum Gasteiger partial charge on any atom is 0.183 e. The molecule has 0 radical (unpaired) electrons. The first-order valence-electron chi connectivity index (χ1n) is 5.77. The summed E-state index contributed by atoms with van der Waals surface area (Å²) in [4.78, 5) is 2.21. The normalized spacial score (nSPS) is 20.8. The van der Waals surface area contributed by atoms with Crippen molar-refractivity contribution in [3.05, 3.63) is 23.8 Å². The fourth-order valence-corrected chi connectivity index (χ4v) is 2.20. The molecule has 1 aliphatic rings. The van der Waals surface area contributed by atoms with Gasteiger partial charge in [0.2, 0.25) is 0 Å². The molecular formula is C12H17F2N3. The molecule has 1 heterocycles. The van der Waals surface area contributed by atoms with E-state index in [9.17, 15) is 8.78 Å². The summed E-state index contributed by atoms with van der Waals surface area (Å²) in [6, 6.07) is 2.77. The minimum absolute atomic E-state index is 0.0744. The number of halogens is 2. The number of rotatable bonds is 3. The van der Waals surface area contributed by atoms with Gasteiger partial charge in [0.25, 0.3) is 0 Å². The van der Waals surface area contributed by atoms with Crippen molar-refractivity contribution in [2.45, 2.75) is 18.9 Å².